The number of ether oxygens (including phenoxy) is 1. The number of nitrogens with zero attached hydrogens (tertiary/aromatic N) is 4. The van der Waals surface area contributed by atoms with Gasteiger partial charge >= 0.3 is 6.09 Å². The Morgan fingerprint density at radius 3 is 2.67 bits per heavy atom. The molecular weight excluding hydrogens is 442 g/mol. The maximum absolute atomic E-state index is 12.8. The predicted octanol–water partition coefficient (Wildman–Crippen LogP) is 5.94. The van der Waals surface area contributed by atoms with Crippen molar-refractivity contribution in [3.63, 3.8) is 0 Å². The standard InChI is InChI=1S/C24H30ClN5O3/c1-16(15-29(26-5)19-11-7-10-18(25)13-19)12-22(31)27-21-14-20(17-8-6-9-17)28-30(21)23(32)33-24(2,3)4/h7,10-11,13-15,17H,5-6,8-9,12H2,1-4H3,(H,27,31)/b16-15+. The Balaban J connectivity index is 1.74. The van der Waals surface area contributed by atoms with Gasteiger partial charge in [-0.15, -0.1) is 4.68 Å². The molecule has 0 atom stereocenters. The zero-order chi connectivity index (χ0) is 24.2. The highest BCUT2D eigenvalue weighted by molar-refractivity contribution is 6.30. The van der Waals surface area contributed by atoms with Crippen LogP contribution >= 0.6 is 11.6 Å². The number of anilines is 2. The first kappa shape index (κ1) is 24.5. The number of nitrogens with one attached hydrogen (secondary N) is 1. The molecule has 1 aromatic heterocycles. The molecule has 1 amide bonds. The summed E-state index contributed by atoms with van der Waals surface area (Å²) in [5, 5.41) is 13.3. The Labute approximate surface area is 199 Å². The number of halogens is 1. The third kappa shape index (κ3) is 6.68. The lowest BCUT2D eigenvalue weighted by Gasteiger charge is -2.23. The molecule has 0 saturated heterocycles. The SMILES string of the molecule is C=NN(/C=C(\C)CC(=O)Nc1cc(C2CCC2)nn1C(=O)OC(C)(C)C)c1cccc(Cl)c1. The zero-order valence-corrected chi connectivity index (χ0v) is 20.2. The van der Waals surface area contributed by atoms with Gasteiger partial charge in [-0.2, -0.15) is 10.2 Å². The Morgan fingerprint density at radius 2 is 2.09 bits per heavy atom. The van der Waals surface area contributed by atoms with Gasteiger partial charge in [0.15, 0.2) is 0 Å². The van der Waals surface area contributed by atoms with Crippen molar-refractivity contribution in [2.24, 2.45) is 5.10 Å². The van der Waals surface area contributed by atoms with Crippen molar-refractivity contribution in [3.8, 4) is 0 Å². The first-order valence-electron chi connectivity index (χ1n) is 10.9. The molecule has 0 aliphatic heterocycles. The molecule has 1 fully saturated rings. The molecule has 33 heavy (non-hydrogen) atoms. The van der Waals surface area contributed by atoms with Crippen LogP contribution in [0.4, 0.5) is 16.3 Å². The third-order valence-corrected chi connectivity index (χ3v) is 5.33. The number of hydrogen-bond acceptors (Lipinski definition) is 6. The van der Waals surface area contributed by atoms with Crippen LogP contribution in [0.2, 0.25) is 5.02 Å². The van der Waals surface area contributed by atoms with E-state index in [0.29, 0.717) is 16.8 Å². The maximum atomic E-state index is 12.8. The van der Waals surface area contributed by atoms with E-state index in [2.05, 4.69) is 22.2 Å². The quantitative estimate of drug-likeness (QED) is 0.398. The van der Waals surface area contributed by atoms with E-state index in [9.17, 15) is 9.59 Å². The highest BCUT2D eigenvalue weighted by atomic mass is 35.5. The molecule has 8 nitrogen and oxygen atoms in total. The normalized spacial score (nSPS) is 14.4. The molecule has 0 bridgehead atoms. The van der Waals surface area contributed by atoms with Gasteiger partial charge in [-0.05, 0) is 64.3 Å². The predicted molar refractivity (Wildman–Crippen MR) is 131 cm³/mol. The van der Waals surface area contributed by atoms with Crippen molar-refractivity contribution < 1.29 is 14.3 Å². The van der Waals surface area contributed by atoms with Crippen LogP contribution < -0.4 is 10.3 Å². The number of aromatic nitrogens is 2. The number of benzene rings is 1. The highest BCUT2D eigenvalue weighted by Crippen LogP contribution is 2.36. The van der Waals surface area contributed by atoms with E-state index in [1.807, 2.05) is 19.1 Å². The molecule has 9 heteroatoms. The van der Waals surface area contributed by atoms with Crippen molar-refractivity contribution >= 4 is 41.8 Å². The van der Waals surface area contributed by atoms with Crippen molar-refractivity contribution in [1.29, 1.82) is 0 Å². The van der Waals surface area contributed by atoms with Gasteiger partial charge in [0.25, 0.3) is 0 Å². The molecule has 2 aromatic rings. The molecular formula is C24H30ClN5O3. The smallest absolute Gasteiger partial charge is 0.437 e. The van der Waals surface area contributed by atoms with E-state index in [0.717, 1.165) is 40.9 Å². The Morgan fingerprint density at radius 1 is 1.36 bits per heavy atom. The van der Waals surface area contributed by atoms with E-state index in [1.165, 1.54) is 0 Å². The van der Waals surface area contributed by atoms with Crippen molar-refractivity contribution in [3.05, 3.63) is 52.8 Å². The molecule has 3 rings (SSSR count). The summed E-state index contributed by atoms with van der Waals surface area (Å²) in [5.41, 5.74) is 1.58. The molecule has 1 aromatic carbocycles. The Kier molecular flexibility index (Phi) is 7.58. The lowest BCUT2D eigenvalue weighted by molar-refractivity contribution is -0.115. The first-order valence-corrected chi connectivity index (χ1v) is 11.3. The summed E-state index contributed by atoms with van der Waals surface area (Å²) < 4.78 is 6.60. The molecule has 1 heterocycles. The highest BCUT2D eigenvalue weighted by Gasteiger charge is 2.27. The maximum Gasteiger partial charge on any atom is 0.437 e. The van der Waals surface area contributed by atoms with Crippen LogP contribution in [-0.2, 0) is 9.53 Å². The second-order valence-corrected chi connectivity index (χ2v) is 9.58. The summed E-state index contributed by atoms with van der Waals surface area (Å²) in [5.74, 6) is 0.317. The van der Waals surface area contributed by atoms with Crippen LogP contribution in [0.15, 0.2) is 47.2 Å². The van der Waals surface area contributed by atoms with Gasteiger partial charge in [0.2, 0.25) is 5.91 Å². The monoisotopic (exact) mass is 471 g/mol. The van der Waals surface area contributed by atoms with Gasteiger partial charge in [-0.1, -0.05) is 24.1 Å². The summed E-state index contributed by atoms with van der Waals surface area (Å²) in [4.78, 5) is 25.4. The lowest BCUT2D eigenvalue weighted by Crippen LogP contribution is -2.29. The summed E-state index contributed by atoms with van der Waals surface area (Å²) in [6.45, 7) is 10.8. The van der Waals surface area contributed by atoms with Gasteiger partial charge in [0.05, 0.1) is 11.4 Å². The Bertz CT molecular complexity index is 1070. The third-order valence-electron chi connectivity index (χ3n) is 5.09. The fourth-order valence-electron chi connectivity index (χ4n) is 3.35. The number of hydrogen-bond donors (Lipinski definition) is 1. The van der Waals surface area contributed by atoms with E-state index in [4.69, 9.17) is 16.3 Å². The summed E-state index contributed by atoms with van der Waals surface area (Å²) in [7, 11) is 0. The van der Waals surface area contributed by atoms with E-state index in [1.54, 1.807) is 50.2 Å². The average Bonchev–Trinajstić information content (AvgIpc) is 3.06. The molecule has 0 radical (unpaired) electrons. The molecule has 0 unspecified atom stereocenters. The largest absolute Gasteiger partial charge is 0.442 e. The number of hydrazone groups is 1. The second-order valence-electron chi connectivity index (χ2n) is 9.14. The van der Waals surface area contributed by atoms with E-state index < -0.39 is 11.7 Å². The zero-order valence-electron chi connectivity index (χ0n) is 19.5. The van der Waals surface area contributed by atoms with Crippen molar-refractivity contribution in [2.75, 3.05) is 10.3 Å². The summed E-state index contributed by atoms with van der Waals surface area (Å²) in [6, 6.07) is 8.92. The van der Waals surface area contributed by atoms with Crippen LogP contribution in [0.25, 0.3) is 0 Å². The Hall–Kier alpha value is -3.13. The van der Waals surface area contributed by atoms with E-state index >= 15 is 0 Å². The fourth-order valence-corrected chi connectivity index (χ4v) is 3.53. The molecule has 1 aliphatic rings. The van der Waals surface area contributed by atoms with Crippen LogP contribution in [0.3, 0.4) is 0 Å². The fraction of sp³-hybridized carbons (Fsp3) is 0.417. The minimum atomic E-state index is -0.679. The topological polar surface area (TPSA) is 88.8 Å². The average molecular weight is 472 g/mol. The number of carbonyl (C=O) groups is 2. The van der Waals surface area contributed by atoms with Gasteiger partial charge in [0.1, 0.15) is 11.4 Å². The molecule has 1 aliphatic carbocycles. The first-order chi connectivity index (χ1) is 15.6. The molecule has 176 valence electrons. The molecule has 0 spiro atoms. The minimum absolute atomic E-state index is 0.0881. The minimum Gasteiger partial charge on any atom is -0.442 e. The van der Waals surface area contributed by atoms with Crippen LogP contribution in [-0.4, -0.2) is 34.1 Å². The molecule has 1 saturated carbocycles. The van der Waals surface area contributed by atoms with Crippen molar-refractivity contribution in [2.45, 2.75) is 64.9 Å². The van der Waals surface area contributed by atoms with Gasteiger partial charge < -0.3 is 10.1 Å². The number of amides is 1. The number of carbonyl (C=O) groups excluding carboxylic acids is 2. The van der Waals surface area contributed by atoms with Gasteiger partial charge in [0, 0.05) is 36.3 Å². The van der Waals surface area contributed by atoms with Crippen LogP contribution in [0.5, 0.6) is 0 Å². The number of rotatable bonds is 7. The molecule has 1 N–H and O–H groups in total. The second kappa shape index (κ2) is 10.2. The summed E-state index contributed by atoms with van der Waals surface area (Å²) >= 11 is 6.06. The van der Waals surface area contributed by atoms with E-state index in [-0.39, 0.29) is 12.3 Å². The van der Waals surface area contributed by atoms with Crippen LogP contribution in [0.1, 0.15) is 65.0 Å². The van der Waals surface area contributed by atoms with Gasteiger partial charge in [-0.25, -0.2) is 9.80 Å². The van der Waals surface area contributed by atoms with Crippen molar-refractivity contribution in [1.82, 2.24) is 9.78 Å². The van der Waals surface area contributed by atoms with Crippen LogP contribution in [0, 0.1) is 0 Å². The van der Waals surface area contributed by atoms with Gasteiger partial charge in [-0.3, -0.25) is 4.79 Å². The lowest BCUT2D eigenvalue weighted by atomic mass is 9.83. The summed E-state index contributed by atoms with van der Waals surface area (Å²) in [6.07, 6.45) is 4.35.